The van der Waals surface area contributed by atoms with E-state index in [1.807, 2.05) is 36.4 Å². The van der Waals surface area contributed by atoms with Crippen molar-refractivity contribution in [1.82, 2.24) is 15.6 Å². The van der Waals surface area contributed by atoms with E-state index in [9.17, 15) is 0 Å². The average Bonchev–Trinajstić information content (AvgIpc) is 2.67. The monoisotopic (exact) mass is 470 g/mol. The minimum absolute atomic E-state index is 0. The molecule has 0 spiro atoms. The molecule has 0 fully saturated rings. The van der Waals surface area contributed by atoms with Gasteiger partial charge in [-0.15, -0.1) is 24.0 Å². The lowest BCUT2D eigenvalue weighted by atomic mass is 10.2. The highest BCUT2D eigenvalue weighted by Gasteiger charge is 2.07. The fraction of sp³-hybridized carbons (Fsp3) is 0.368. The second kappa shape index (κ2) is 12.3. The normalized spacial score (nSPS) is 10.7. The number of nitrogens with one attached hydrogen (secondary N) is 2. The lowest BCUT2D eigenvalue weighted by Gasteiger charge is -2.15. The van der Waals surface area contributed by atoms with Gasteiger partial charge in [-0.2, -0.15) is 0 Å². The van der Waals surface area contributed by atoms with Gasteiger partial charge in [-0.1, -0.05) is 31.2 Å². The summed E-state index contributed by atoms with van der Waals surface area (Å²) >= 11 is 0. The van der Waals surface area contributed by atoms with Crippen LogP contribution in [0.2, 0.25) is 0 Å². The first-order valence-corrected chi connectivity index (χ1v) is 8.41. The molecule has 1 aromatic carbocycles. The third-order valence-electron chi connectivity index (χ3n) is 3.60. The van der Waals surface area contributed by atoms with E-state index in [2.05, 4.69) is 27.5 Å². The number of pyridine rings is 1. The quantitative estimate of drug-likeness (QED) is 0.352. The molecule has 2 N–H and O–H groups in total. The Labute approximate surface area is 172 Å². The Morgan fingerprint density at radius 2 is 1.77 bits per heavy atom. The van der Waals surface area contributed by atoms with E-state index in [4.69, 9.17) is 9.47 Å². The molecular weight excluding hydrogens is 443 g/mol. The SMILES string of the molecule is CCCOc1ncccc1CNC(=NC)NCc1ccccc1OC.I. The van der Waals surface area contributed by atoms with Gasteiger partial charge in [-0.05, 0) is 18.6 Å². The number of hydrogen-bond donors (Lipinski definition) is 2. The molecule has 0 aliphatic rings. The maximum absolute atomic E-state index is 5.68. The van der Waals surface area contributed by atoms with Crippen molar-refractivity contribution >= 4 is 29.9 Å². The second-order valence-corrected chi connectivity index (χ2v) is 5.41. The minimum atomic E-state index is 0. The van der Waals surface area contributed by atoms with Crippen LogP contribution >= 0.6 is 24.0 Å². The van der Waals surface area contributed by atoms with Crippen LogP contribution in [0.3, 0.4) is 0 Å². The molecule has 6 nitrogen and oxygen atoms in total. The van der Waals surface area contributed by atoms with Gasteiger partial charge in [0.15, 0.2) is 5.96 Å². The lowest BCUT2D eigenvalue weighted by Crippen LogP contribution is -2.36. The fourth-order valence-corrected chi connectivity index (χ4v) is 2.31. The van der Waals surface area contributed by atoms with Crippen molar-refractivity contribution in [3.05, 3.63) is 53.7 Å². The maximum Gasteiger partial charge on any atom is 0.218 e. The van der Waals surface area contributed by atoms with E-state index in [1.54, 1.807) is 20.4 Å². The summed E-state index contributed by atoms with van der Waals surface area (Å²) < 4.78 is 11.1. The van der Waals surface area contributed by atoms with E-state index in [0.29, 0.717) is 31.5 Å². The highest BCUT2D eigenvalue weighted by Crippen LogP contribution is 2.17. The zero-order valence-electron chi connectivity index (χ0n) is 15.5. The molecular formula is C19H27IN4O2. The number of benzene rings is 1. The molecule has 0 aliphatic carbocycles. The predicted molar refractivity (Wildman–Crippen MR) is 115 cm³/mol. The lowest BCUT2D eigenvalue weighted by molar-refractivity contribution is 0.301. The van der Waals surface area contributed by atoms with Crippen LogP contribution in [-0.2, 0) is 13.1 Å². The topological polar surface area (TPSA) is 67.8 Å². The van der Waals surface area contributed by atoms with Crippen molar-refractivity contribution in [2.75, 3.05) is 20.8 Å². The molecule has 0 saturated carbocycles. The number of ether oxygens (including phenoxy) is 2. The van der Waals surface area contributed by atoms with Gasteiger partial charge in [-0.25, -0.2) is 4.98 Å². The first kappa shape index (κ1) is 22.0. The predicted octanol–water partition coefficient (Wildman–Crippen LogP) is 3.36. The Kier molecular flexibility index (Phi) is 10.5. The zero-order valence-corrected chi connectivity index (χ0v) is 17.8. The number of nitrogens with zero attached hydrogens (tertiary/aromatic N) is 2. The van der Waals surface area contributed by atoms with Crippen LogP contribution in [0.15, 0.2) is 47.6 Å². The number of rotatable bonds is 8. The molecule has 0 aliphatic heterocycles. The highest BCUT2D eigenvalue weighted by molar-refractivity contribution is 14.0. The maximum atomic E-state index is 5.68. The van der Waals surface area contributed by atoms with Crippen LogP contribution < -0.4 is 20.1 Å². The van der Waals surface area contributed by atoms with Crippen molar-refractivity contribution in [2.24, 2.45) is 4.99 Å². The molecule has 2 rings (SSSR count). The van der Waals surface area contributed by atoms with Crippen molar-refractivity contribution in [3.8, 4) is 11.6 Å². The third kappa shape index (κ3) is 6.70. The molecule has 0 radical (unpaired) electrons. The van der Waals surface area contributed by atoms with Gasteiger partial charge in [0.25, 0.3) is 0 Å². The Bertz CT molecular complexity index is 695. The number of hydrogen-bond acceptors (Lipinski definition) is 4. The number of aliphatic imine (C=N–C) groups is 1. The van der Waals surface area contributed by atoms with Crippen molar-refractivity contribution in [2.45, 2.75) is 26.4 Å². The number of halogens is 1. The summed E-state index contributed by atoms with van der Waals surface area (Å²) in [7, 11) is 3.42. The Morgan fingerprint density at radius 1 is 1.08 bits per heavy atom. The Hall–Kier alpha value is -2.03. The highest BCUT2D eigenvalue weighted by atomic mass is 127. The Morgan fingerprint density at radius 3 is 2.46 bits per heavy atom. The standard InChI is InChI=1S/C19H26N4O2.HI/c1-4-12-25-18-16(9-7-11-21-18)14-23-19(20-2)22-13-15-8-5-6-10-17(15)24-3;/h5-11H,4,12-14H2,1-3H3,(H2,20,22,23);1H. The summed E-state index contributed by atoms with van der Waals surface area (Å²) in [5.74, 6) is 2.22. The van der Waals surface area contributed by atoms with E-state index in [1.165, 1.54) is 0 Å². The zero-order chi connectivity index (χ0) is 17.9. The summed E-state index contributed by atoms with van der Waals surface area (Å²) in [5.41, 5.74) is 2.07. The summed E-state index contributed by atoms with van der Waals surface area (Å²) in [6.07, 6.45) is 2.69. The van der Waals surface area contributed by atoms with Crippen molar-refractivity contribution in [3.63, 3.8) is 0 Å². The fourth-order valence-electron chi connectivity index (χ4n) is 2.31. The molecule has 0 amide bonds. The van der Waals surface area contributed by atoms with Crippen LogP contribution in [0.1, 0.15) is 24.5 Å². The van der Waals surface area contributed by atoms with Gasteiger partial charge in [0.05, 0.1) is 13.7 Å². The molecule has 1 aromatic heterocycles. The second-order valence-electron chi connectivity index (χ2n) is 5.41. The Balaban J connectivity index is 0.00000338. The summed E-state index contributed by atoms with van der Waals surface area (Å²) in [6.45, 7) is 3.93. The molecule has 0 bridgehead atoms. The van der Waals surface area contributed by atoms with Gasteiger partial charge < -0.3 is 20.1 Å². The summed E-state index contributed by atoms with van der Waals surface area (Å²) in [5, 5.41) is 6.58. The summed E-state index contributed by atoms with van der Waals surface area (Å²) in [6, 6.07) is 11.8. The van der Waals surface area contributed by atoms with E-state index in [-0.39, 0.29) is 24.0 Å². The molecule has 0 saturated heterocycles. The van der Waals surface area contributed by atoms with Gasteiger partial charge in [0.2, 0.25) is 5.88 Å². The third-order valence-corrected chi connectivity index (χ3v) is 3.60. The van der Waals surface area contributed by atoms with Gasteiger partial charge in [-0.3, -0.25) is 4.99 Å². The van der Waals surface area contributed by atoms with E-state index in [0.717, 1.165) is 23.3 Å². The minimum Gasteiger partial charge on any atom is -0.496 e. The molecule has 1 heterocycles. The van der Waals surface area contributed by atoms with Crippen molar-refractivity contribution in [1.29, 1.82) is 0 Å². The van der Waals surface area contributed by atoms with E-state index >= 15 is 0 Å². The molecule has 7 heteroatoms. The van der Waals surface area contributed by atoms with Crippen LogP contribution in [0.25, 0.3) is 0 Å². The van der Waals surface area contributed by atoms with Gasteiger partial charge in [0.1, 0.15) is 5.75 Å². The van der Waals surface area contributed by atoms with Crippen LogP contribution in [-0.4, -0.2) is 31.7 Å². The average molecular weight is 470 g/mol. The number of aromatic nitrogens is 1. The number of guanidine groups is 1. The molecule has 0 atom stereocenters. The van der Waals surface area contributed by atoms with Crippen LogP contribution in [0, 0.1) is 0 Å². The van der Waals surface area contributed by atoms with Gasteiger partial charge >= 0.3 is 0 Å². The number of para-hydroxylation sites is 1. The number of methoxy groups -OCH3 is 1. The first-order chi connectivity index (χ1) is 12.3. The molecule has 26 heavy (non-hydrogen) atoms. The smallest absolute Gasteiger partial charge is 0.218 e. The van der Waals surface area contributed by atoms with E-state index < -0.39 is 0 Å². The molecule has 0 unspecified atom stereocenters. The summed E-state index contributed by atoms with van der Waals surface area (Å²) in [4.78, 5) is 8.56. The van der Waals surface area contributed by atoms with Crippen LogP contribution in [0.4, 0.5) is 0 Å². The largest absolute Gasteiger partial charge is 0.496 e. The van der Waals surface area contributed by atoms with Gasteiger partial charge in [0, 0.05) is 37.5 Å². The molecule has 142 valence electrons. The first-order valence-electron chi connectivity index (χ1n) is 8.41. The van der Waals surface area contributed by atoms with Crippen LogP contribution in [0.5, 0.6) is 11.6 Å². The van der Waals surface area contributed by atoms with Crippen molar-refractivity contribution < 1.29 is 9.47 Å². The molecule has 2 aromatic rings.